The van der Waals surface area contributed by atoms with Crippen LogP contribution < -0.4 is 0 Å². The molecule has 1 aromatic rings. The molecule has 4 nitrogen and oxygen atoms in total. The molecule has 2 aliphatic heterocycles. The van der Waals surface area contributed by atoms with Gasteiger partial charge in [0, 0.05) is 30.5 Å². The third kappa shape index (κ3) is 3.27. The van der Waals surface area contributed by atoms with E-state index in [2.05, 4.69) is 11.9 Å². The van der Waals surface area contributed by atoms with Gasteiger partial charge in [0.05, 0.1) is 0 Å². The molecule has 3 rings (SSSR count). The number of hydrogen-bond donors (Lipinski definition) is 0. The zero-order valence-electron chi connectivity index (χ0n) is 12.0. The third-order valence-electron chi connectivity index (χ3n) is 4.55. The van der Waals surface area contributed by atoms with E-state index in [1.807, 2.05) is 6.07 Å². The fourth-order valence-corrected chi connectivity index (χ4v) is 3.37. The number of fused-ring (bicyclic) bond motifs is 2. The van der Waals surface area contributed by atoms with Crippen LogP contribution in [0.2, 0.25) is 0 Å². The zero-order chi connectivity index (χ0) is 14.1. The van der Waals surface area contributed by atoms with Crippen molar-refractivity contribution in [3.05, 3.63) is 35.9 Å². The summed E-state index contributed by atoms with van der Waals surface area (Å²) < 4.78 is 5.42. The monoisotopic (exact) mass is 309 g/mol. The average molecular weight is 310 g/mol. The van der Waals surface area contributed by atoms with Gasteiger partial charge in [-0.15, -0.1) is 12.4 Å². The van der Waals surface area contributed by atoms with Crippen molar-refractivity contribution in [1.82, 2.24) is 4.90 Å². The quantitative estimate of drug-likeness (QED) is 0.489. The third-order valence-corrected chi connectivity index (χ3v) is 4.55. The summed E-state index contributed by atoms with van der Waals surface area (Å²) in [4.78, 5) is 26.3. The van der Waals surface area contributed by atoms with Crippen LogP contribution in [0.5, 0.6) is 0 Å². The first-order valence-corrected chi connectivity index (χ1v) is 7.17. The molecule has 21 heavy (non-hydrogen) atoms. The molecule has 3 atom stereocenters. The molecule has 0 amide bonds. The Morgan fingerprint density at radius 2 is 1.67 bits per heavy atom. The van der Waals surface area contributed by atoms with Crippen molar-refractivity contribution >= 4 is 24.2 Å². The lowest BCUT2D eigenvalue weighted by Gasteiger charge is -2.35. The summed E-state index contributed by atoms with van der Waals surface area (Å²) in [5, 5.41) is 0. The van der Waals surface area contributed by atoms with Crippen LogP contribution in [0.4, 0.5) is 0 Å². The number of ether oxygens (including phenoxy) is 1. The molecule has 0 radical (unpaired) electrons. The second kappa shape index (κ2) is 6.58. The van der Waals surface area contributed by atoms with Crippen LogP contribution in [-0.4, -0.2) is 41.9 Å². The predicted octanol–water partition coefficient (Wildman–Crippen LogP) is 2.46. The zero-order valence-corrected chi connectivity index (χ0v) is 12.8. The fraction of sp³-hybridized carbons (Fsp3) is 0.500. The van der Waals surface area contributed by atoms with Gasteiger partial charge in [0.25, 0.3) is 5.78 Å². The maximum absolute atomic E-state index is 12.0. The summed E-state index contributed by atoms with van der Waals surface area (Å²) in [7, 11) is 2.13. The molecule has 114 valence electrons. The second-order valence-corrected chi connectivity index (χ2v) is 5.74. The lowest BCUT2D eigenvalue weighted by Crippen LogP contribution is -2.44. The number of nitrogens with zero attached hydrogens (tertiary/aromatic N) is 1. The van der Waals surface area contributed by atoms with Crippen molar-refractivity contribution in [2.75, 3.05) is 7.05 Å². The van der Waals surface area contributed by atoms with Crippen molar-refractivity contribution in [3.63, 3.8) is 0 Å². The van der Waals surface area contributed by atoms with Gasteiger partial charge in [0.1, 0.15) is 6.10 Å². The van der Waals surface area contributed by atoms with Gasteiger partial charge in [-0.1, -0.05) is 30.3 Å². The largest absolute Gasteiger partial charge is 0.456 e. The van der Waals surface area contributed by atoms with Crippen LogP contribution >= 0.6 is 12.4 Å². The number of carbonyl (C=O) groups is 2. The lowest BCUT2D eigenvalue weighted by molar-refractivity contribution is -0.146. The summed E-state index contributed by atoms with van der Waals surface area (Å²) >= 11 is 0. The van der Waals surface area contributed by atoms with E-state index in [1.165, 1.54) is 12.8 Å². The van der Waals surface area contributed by atoms with E-state index in [4.69, 9.17) is 4.74 Å². The molecule has 1 unspecified atom stereocenters. The molecule has 0 aromatic heterocycles. The first kappa shape index (κ1) is 16.0. The number of halogens is 1. The van der Waals surface area contributed by atoms with Gasteiger partial charge in [0.2, 0.25) is 0 Å². The van der Waals surface area contributed by atoms with Crippen molar-refractivity contribution in [1.29, 1.82) is 0 Å². The Labute approximate surface area is 130 Å². The Morgan fingerprint density at radius 1 is 1.10 bits per heavy atom. The Morgan fingerprint density at radius 3 is 2.24 bits per heavy atom. The van der Waals surface area contributed by atoms with Crippen molar-refractivity contribution in [2.45, 2.75) is 43.9 Å². The normalized spacial score (nSPS) is 27.8. The number of benzene rings is 1. The Bertz CT molecular complexity index is 506. The second-order valence-electron chi connectivity index (χ2n) is 5.74. The number of piperidine rings is 1. The van der Waals surface area contributed by atoms with E-state index >= 15 is 0 Å². The van der Waals surface area contributed by atoms with Gasteiger partial charge < -0.3 is 9.64 Å². The standard InChI is InChI=1S/C16H19NO3.ClH/c1-17-12-7-8-13(17)10-14(9-12)20-16(19)15(18)11-5-3-2-4-6-11;/h2-6,12-14H,7-10H2,1H3;1H/t12-,13+,14?;. The lowest BCUT2D eigenvalue weighted by atomic mass is 10.0. The van der Waals surface area contributed by atoms with E-state index in [1.54, 1.807) is 24.3 Å². The van der Waals surface area contributed by atoms with Crippen LogP contribution in [0.1, 0.15) is 36.0 Å². The van der Waals surface area contributed by atoms with Crippen LogP contribution in [0.3, 0.4) is 0 Å². The highest BCUT2D eigenvalue weighted by Gasteiger charge is 2.40. The van der Waals surface area contributed by atoms with E-state index in [-0.39, 0.29) is 18.5 Å². The SMILES string of the molecule is CN1[C@@H]2CC[C@H]1CC(OC(=O)C(=O)c1ccccc1)C2.Cl. The molecule has 2 aliphatic rings. The maximum atomic E-state index is 12.0. The summed E-state index contributed by atoms with van der Waals surface area (Å²) in [6.07, 6.45) is 3.93. The minimum atomic E-state index is -0.717. The van der Waals surface area contributed by atoms with Crippen LogP contribution in [0.25, 0.3) is 0 Å². The molecule has 2 bridgehead atoms. The topological polar surface area (TPSA) is 46.6 Å². The number of ketones is 1. The number of rotatable bonds is 3. The van der Waals surface area contributed by atoms with Crippen molar-refractivity contribution in [2.24, 2.45) is 0 Å². The van der Waals surface area contributed by atoms with Gasteiger partial charge in [-0.25, -0.2) is 4.79 Å². The van der Waals surface area contributed by atoms with Crippen LogP contribution in [0, 0.1) is 0 Å². The Hall–Kier alpha value is -1.39. The van der Waals surface area contributed by atoms with Gasteiger partial charge >= 0.3 is 5.97 Å². The minimum absolute atomic E-state index is 0. The maximum Gasteiger partial charge on any atom is 0.379 e. The summed E-state index contributed by atoms with van der Waals surface area (Å²) in [5.41, 5.74) is 0.397. The first-order valence-electron chi connectivity index (χ1n) is 7.17. The number of hydrogen-bond acceptors (Lipinski definition) is 4. The molecular formula is C16H20ClNO3. The van der Waals surface area contributed by atoms with Crippen LogP contribution in [0.15, 0.2) is 30.3 Å². The Kier molecular flexibility index (Phi) is 5.01. The molecule has 0 aliphatic carbocycles. The van der Waals surface area contributed by atoms with Gasteiger partial charge in [-0.3, -0.25) is 4.79 Å². The molecule has 0 N–H and O–H groups in total. The Balaban J connectivity index is 0.00000161. The van der Waals surface area contributed by atoms with Gasteiger partial charge in [-0.05, 0) is 19.9 Å². The van der Waals surface area contributed by atoms with Gasteiger partial charge in [-0.2, -0.15) is 0 Å². The highest BCUT2D eigenvalue weighted by Crippen LogP contribution is 2.35. The molecule has 2 saturated heterocycles. The van der Waals surface area contributed by atoms with E-state index in [9.17, 15) is 9.59 Å². The fourth-order valence-electron chi connectivity index (χ4n) is 3.37. The summed E-state index contributed by atoms with van der Waals surface area (Å²) in [5.74, 6) is -1.26. The number of Topliss-reactive ketones (excluding diaryl/α,β-unsaturated/α-hetero) is 1. The minimum Gasteiger partial charge on any atom is -0.456 e. The molecule has 5 heteroatoms. The summed E-state index contributed by atoms with van der Waals surface area (Å²) in [6.45, 7) is 0. The first-order chi connectivity index (χ1) is 9.65. The predicted molar refractivity (Wildman–Crippen MR) is 81.7 cm³/mol. The molecule has 2 fully saturated rings. The molecular weight excluding hydrogens is 290 g/mol. The number of carbonyl (C=O) groups excluding carboxylic acids is 2. The molecule has 0 saturated carbocycles. The van der Waals surface area contributed by atoms with Crippen molar-refractivity contribution in [3.8, 4) is 0 Å². The summed E-state index contributed by atoms with van der Waals surface area (Å²) in [6, 6.07) is 9.59. The smallest absolute Gasteiger partial charge is 0.379 e. The highest BCUT2D eigenvalue weighted by atomic mass is 35.5. The van der Waals surface area contributed by atoms with E-state index in [0.29, 0.717) is 17.6 Å². The highest BCUT2D eigenvalue weighted by molar-refractivity contribution is 6.40. The van der Waals surface area contributed by atoms with E-state index < -0.39 is 11.8 Å². The van der Waals surface area contributed by atoms with Crippen molar-refractivity contribution < 1.29 is 14.3 Å². The van der Waals surface area contributed by atoms with E-state index in [0.717, 1.165) is 12.8 Å². The molecule has 2 heterocycles. The van der Waals surface area contributed by atoms with Crippen LogP contribution in [-0.2, 0) is 9.53 Å². The van der Waals surface area contributed by atoms with Gasteiger partial charge in [0.15, 0.2) is 0 Å². The molecule has 1 aromatic carbocycles. The molecule has 0 spiro atoms. The average Bonchev–Trinajstić information content (AvgIpc) is 2.69. The number of esters is 1.